The highest BCUT2D eigenvalue weighted by molar-refractivity contribution is 6.30. The molecule has 0 radical (unpaired) electrons. The van der Waals surface area contributed by atoms with Gasteiger partial charge in [-0.2, -0.15) is 0 Å². The van der Waals surface area contributed by atoms with E-state index in [4.69, 9.17) is 11.6 Å². The summed E-state index contributed by atoms with van der Waals surface area (Å²) in [4.78, 5) is 13.9. The second-order valence-corrected chi connectivity index (χ2v) is 9.86. The van der Waals surface area contributed by atoms with E-state index < -0.39 is 0 Å². The van der Waals surface area contributed by atoms with Crippen LogP contribution in [-0.4, -0.2) is 51.1 Å². The first-order valence-corrected chi connectivity index (χ1v) is 12.8. The Balaban J connectivity index is 1.37. The SMILES string of the molecule is Oc1c(CN2CCCC2)cc(Nc2nccc(/C=C/c3ccc(Cl)cc3)n2)cc1CN1CCCC1. The van der Waals surface area contributed by atoms with Crippen LogP contribution in [0.3, 0.4) is 0 Å². The van der Waals surface area contributed by atoms with Gasteiger partial charge in [0.1, 0.15) is 5.75 Å². The van der Waals surface area contributed by atoms with Gasteiger partial charge in [0.25, 0.3) is 0 Å². The zero-order valence-electron chi connectivity index (χ0n) is 20.0. The van der Waals surface area contributed by atoms with Crippen molar-refractivity contribution in [3.05, 3.63) is 76.1 Å². The van der Waals surface area contributed by atoms with E-state index in [0.29, 0.717) is 11.7 Å². The van der Waals surface area contributed by atoms with Crippen LogP contribution in [0.15, 0.2) is 48.7 Å². The van der Waals surface area contributed by atoms with Gasteiger partial charge in [-0.3, -0.25) is 9.80 Å². The number of hydrogen-bond acceptors (Lipinski definition) is 6. The molecule has 35 heavy (non-hydrogen) atoms. The molecule has 2 saturated heterocycles. The summed E-state index contributed by atoms with van der Waals surface area (Å²) >= 11 is 5.98. The van der Waals surface area contributed by atoms with E-state index in [9.17, 15) is 5.11 Å². The van der Waals surface area contributed by atoms with Crippen LogP contribution in [-0.2, 0) is 13.1 Å². The van der Waals surface area contributed by atoms with Gasteiger partial charge in [0.05, 0.1) is 5.69 Å². The Bertz CT molecular complexity index is 1130. The molecule has 3 aromatic rings. The number of phenols is 1. The summed E-state index contributed by atoms with van der Waals surface area (Å²) in [5.41, 5.74) is 4.70. The Morgan fingerprint density at radius 1 is 0.857 bits per heavy atom. The summed E-state index contributed by atoms with van der Waals surface area (Å²) in [6, 6.07) is 13.7. The third kappa shape index (κ3) is 6.40. The van der Waals surface area contributed by atoms with Gasteiger partial charge in [-0.25, -0.2) is 9.97 Å². The van der Waals surface area contributed by atoms with Gasteiger partial charge < -0.3 is 10.4 Å². The van der Waals surface area contributed by atoms with Crippen LogP contribution in [0.2, 0.25) is 5.02 Å². The summed E-state index contributed by atoms with van der Waals surface area (Å²) in [5.74, 6) is 0.961. The highest BCUT2D eigenvalue weighted by atomic mass is 35.5. The lowest BCUT2D eigenvalue weighted by Gasteiger charge is -2.21. The fourth-order valence-electron chi connectivity index (χ4n) is 4.85. The molecule has 182 valence electrons. The number of likely N-dealkylation sites (tertiary alicyclic amines) is 2. The molecular formula is C28H32ClN5O. The van der Waals surface area contributed by atoms with E-state index in [2.05, 4.69) is 25.1 Å². The fourth-order valence-corrected chi connectivity index (χ4v) is 4.97. The molecule has 3 heterocycles. The maximum absolute atomic E-state index is 11.1. The highest BCUT2D eigenvalue weighted by Crippen LogP contribution is 2.32. The molecule has 0 bridgehead atoms. The maximum Gasteiger partial charge on any atom is 0.227 e. The minimum atomic E-state index is 0.426. The molecule has 2 N–H and O–H groups in total. The topological polar surface area (TPSA) is 64.5 Å². The van der Waals surface area contributed by atoms with Crippen LogP contribution in [0.25, 0.3) is 12.2 Å². The van der Waals surface area contributed by atoms with Crippen molar-refractivity contribution in [2.45, 2.75) is 38.8 Å². The third-order valence-electron chi connectivity index (χ3n) is 6.70. The summed E-state index contributed by atoms with van der Waals surface area (Å²) in [6.45, 7) is 5.87. The van der Waals surface area contributed by atoms with E-state index in [1.807, 2.05) is 54.6 Å². The predicted octanol–water partition coefficient (Wildman–Crippen LogP) is 5.94. The van der Waals surface area contributed by atoms with Crippen molar-refractivity contribution >= 4 is 35.4 Å². The Labute approximate surface area is 212 Å². The maximum atomic E-state index is 11.1. The number of anilines is 2. The smallest absolute Gasteiger partial charge is 0.227 e. The summed E-state index contributed by atoms with van der Waals surface area (Å²) in [5, 5.41) is 15.2. The van der Waals surface area contributed by atoms with Gasteiger partial charge in [0.15, 0.2) is 0 Å². The number of halogens is 1. The number of rotatable bonds is 8. The van der Waals surface area contributed by atoms with Gasteiger partial charge in [-0.1, -0.05) is 29.8 Å². The van der Waals surface area contributed by atoms with Crippen LogP contribution >= 0.6 is 11.6 Å². The number of aromatic hydroxyl groups is 1. The fraction of sp³-hybridized carbons (Fsp3) is 0.357. The molecule has 0 saturated carbocycles. The predicted molar refractivity (Wildman–Crippen MR) is 143 cm³/mol. The van der Waals surface area contributed by atoms with Crippen molar-refractivity contribution in [2.24, 2.45) is 0 Å². The van der Waals surface area contributed by atoms with Gasteiger partial charge in [0.2, 0.25) is 5.95 Å². The molecule has 5 rings (SSSR count). The second-order valence-electron chi connectivity index (χ2n) is 9.42. The molecule has 0 unspecified atom stereocenters. The third-order valence-corrected chi connectivity index (χ3v) is 6.95. The first-order chi connectivity index (χ1) is 17.1. The number of nitrogens with zero attached hydrogens (tertiary/aromatic N) is 4. The molecule has 1 aromatic heterocycles. The van der Waals surface area contributed by atoms with E-state index in [0.717, 1.165) is 72.4 Å². The van der Waals surface area contributed by atoms with Crippen LogP contribution in [0.4, 0.5) is 11.6 Å². The monoisotopic (exact) mass is 489 g/mol. The minimum absolute atomic E-state index is 0.426. The van der Waals surface area contributed by atoms with Crippen molar-refractivity contribution in [2.75, 3.05) is 31.5 Å². The van der Waals surface area contributed by atoms with E-state index in [1.165, 1.54) is 25.7 Å². The van der Waals surface area contributed by atoms with Gasteiger partial charge >= 0.3 is 0 Å². The molecule has 2 aliphatic heterocycles. The Morgan fingerprint density at radius 2 is 1.46 bits per heavy atom. The van der Waals surface area contributed by atoms with Crippen LogP contribution in [0.1, 0.15) is 48.1 Å². The van der Waals surface area contributed by atoms with Crippen molar-refractivity contribution in [1.82, 2.24) is 19.8 Å². The molecular weight excluding hydrogens is 458 g/mol. The zero-order chi connectivity index (χ0) is 24.0. The first-order valence-electron chi connectivity index (χ1n) is 12.5. The first kappa shape index (κ1) is 23.8. The molecule has 0 aliphatic carbocycles. The largest absolute Gasteiger partial charge is 0.507 e. The van der Waals surface area contributed by atoms with Crippen molar-refractivity contribution in [3.8, 4) is 5.75 Å². The second kappa shape index (κ2) is 11.2. The van der Waals surface area contributed by atoms with E-state index >= 15 is 0 Å². The molecule has 0 spiro atoms. The summed E-state index contributed by atoms with van der Waals surface area (Å²) < 4.78 is 0. The van der Waals surface area contributed by atoms with Crippen molar-refractivity contribution in [1.29, 1.82) is 0 Å². The lowest BCUT2D eigenvalue weighted by Crippen LogP contribution is -2.20. The van der Waals surface area contributed by atoms with E-state index in [1.54, 1.807) is 6.20 Å². The number of phenolic OH excluding ortho intramolecular Hbond substituents is 1. The van der Waals surface area contributed by atoms with Crippen LogP contribution < -0.4 is 5.32 Å². The lowest BCUT2D eigenvalue weighted by molar-refractivity contribution is 0.312. The number of hydrogen-bond donors (Lipinski definition) is 2. The Hall–Kier alpha value is -2.93. The van der Waals surface area contributed by atoms with Gasteiger partial charge in [-0.05, 0) is 93.8 Å². The molecule has 0 amide bonds. The van der Waals surface area contributed by atoms with Gasteiger partial charge in [0, 0.05) is 41.1 Å². The number of aromatic nitrogens is 2. The van der Waals surface area contributed by atoms with E-state index in [-0.39, 0.29) is 0 Å². The molecule has 2 aromatic carbocycles. The van der Waals surface area contributed by atoms with Crippen LogP contribution in [0.5, 0.6) is 5.75 Å². The molecule has 2 fully saturated rings. The summed E-state index contributed by atoms with van der Waals surface area (Å²) in [7, 11) is 0. The molecule has 6 nitrogen and oxygen atoms in total. The number of benzene rings is 2. The van der Waals surface area contributed by atoms with Gasteiger partial charge in [-0.15, -0.1) is 0 Å². The highest BCUT2D eigenvalue weighted by Gasteiger charge is 2.19. The normalized spacial score (nSPS) is 16.9. The average molecular weight is 490 g/mol. The average Bonchev–Trinajstić information content (AvgIpc) is 3.56. The molecule has 7 heteroatoms. The lowest BCUT2D eigenvalue weighted by atomic mass is 10.1. The summed E-state index contributed by atoms with van der Waals surface area (Å²) in [6.07, 6.45) is 10.6. The molecule has 0 atom stereocenters. The zero-order valence-corrected chi connectivity index (χ0v) is 20.7. The number of nitrogens with one attached hydrogen (secondary N) is 1. The van der Waals surface area contributed by atoms with Crippen molar-refractivity contribution < 1.29 is 5.11 Å². The Kier molecular flexibility index (Phi) is 7.62. The minimum Gasteiger partial charge on any atom is -0.507 e. The van der Waals surface area contributed by atoms with Crippen LogP contribution in [0, 0.1) is 0 Å². The Morgan fingerprint density at radius 3 is 2.06 bits per heavy atom. The standard InChI is InChI=1S/C28H32ClN5O/c29-24-8-5-21(6-9-24)7-10-25-11-12-30-28(31-25)32-26-17-22(19-33-13-1-2-14-33)27(35)23(18-26)20-34-15-3-4-16-34/h5-12,17-18,35H,1-4,13-16,19-20H2,(H,30,31,32)/b10-7+. The quantitative estimate of drug-likeness (QED) is 0.382. The van der Waals surface area contributed by atoms with Crippen molar-refractivity contribution in [3.63, 3.8) is 0 Å². The molecule has 2 aliphatic rings.